The molecule has 30 heavy (non-hydrogen) atoms. The second-order valence-corrected chi connectivity index (χ2v) is 7.54. The van der Waals surface area contributed by atoms with Crippen molar-refractivity contribution in [1.29, 1.82) is 0 Å². The number of carbonyl (C=O) groups excluding carboxylic acids is 2. The summed E-state index contributed by atoms with van der Waals surface area (Å²) >= 11 is 1.15. The van der Waals surface area contributed by atoms with E-state index in [0.717, 1.165) is 27.3 Å². The number of esters is 1. The summed E-state index contributed by atoms with van der Waals surface area (Å²) in [5.41, 5.74) is 1.93. The number of nitro benzene ring substituents is 1. The van der Waals surface area contributed by atoms with Crippen molar-refractivity contribution in [1.82, 2.24) is 0 Å². The predicted octanol–water partition coefficient (Wildman–Crippen LogP) is 4.87. The second-order valence-electron chi connectivity index (χ2n) is 6.45. The van der Waals surface area contributed by atoms with Crippen molar-refractivity contribution >= 4 is 34.6 Å². The fourth-order valence-electron chi connectivity index (χ4n) is 2.71. The van der Waals surface area contributed by atoms with Crippen LogP contribution in [-0.4, -0.2) is 23.4 Å². The standard InChI is InChI=1S/C21H17FN2O5S/c1-12-3-8-16(24(27)28)20(13(12)2)23-19(25)11-29-21(26)18-10-9-17(30-18)14-4-6-15(22)7-5-14/h3-10H,11H2,1-2H3,(H,23,25). The molecular weight excluding hydrogens is 411 g/mol. The van der Waals surface area contributed by atoms with E-state index in [4.69, 9.17) is 4.74 Å². The summed E-state index contributed by atoms with van der Waals surface area (Å²) < 4.78 is 18.1. The number of rotatable bonds is 6. The number of hydrogen-bond donors (Lipinski definition) is 1. The molecule has 0 unspecified atom stereocenters. The maximum atomic E-state index is 13.0. The quantitative estimate of drug-likeness (QED) is 0.343. The lowest BCUT2D eigenvalue weighted by Gasteiger charge is -2.11. The van der Waals surface area contributed by atoms with Gasteiger partial charge in [0, 0.05) is 10.9 Å². The predicted molar refractivity (Wildman–Crippen MR) is 111 cm³/mol. The molecule has 1 heterocycles. The molecule has 2 aromatic carbocycles. The van der Waals surface area contributed by atoms with Crippen LogP contribution in [0.3, 0.4) is 0 Å². The fourth-order valence-corrected chi connectivity index (χ4v) is 3.61. The third kappa shape index (κ3) is 4.69. The molecule has 0 fully saturated rings. The van der Waals surface area contributed by atoms with Crippen LogP contribution >= 0.6 is 11.3 Å². The number of ether oxygens (including phenoxy) is 1. The molecule has 0 spiro atoms. The first-order chi connectivity index (χ1) is 14.3. The largest absolute Gasteiger partial charge is 0.451 e. The lowest BCUT2D eigenvalue weighted by Crippen LogP contribution is -2.21. The van der Waals surface area contributed by atoms with Gasteiger partial charge in [-0.15, -0.1) is 11.3 Å². The van der Waals surface area contributed by atoms with E-state index < -0.39 is 23.4 Å². The van der Waals surface area contributed by atoms with E-state index in [0.29, 0.717) is 5.56 Å². The van der Waals surface area contributed by atoms with E-state index in [2.05, 4.69) is 5.32 Å². The molecular formula is C21H17FN2O5S. The van der Waals surface area contributed by atoms with Crippen molar-refractivity contribution in [2.75, 3.05) is 11.9 Å². The van der Waals surface area contributed by atoms with Crippen molar-refractivity contribution < 1.29 is 23.6 Å². The lowest BCUT2D eigenvalue weighted by atomic mass is 10.1. The first kappa shape index (κ1) is 21.1. The Labute approximate surface area is 175 Å². The Morgan fingerprint density at radius 1 is 1.10 bits per heavy atom. The zero-order valence-corrected chi connectivity index (χ0v) is 16.9. The van der Waals surface area contributed by atoms with Crippen LogP contribution < -0.4 is 5.32 Å². The summed E-state index contributed by atoms with van der Waals surface area (Å²) in [4.78, 5) is 36.1. The minimum absolute atomic E-state index is 0.0794. The van der Waals surface area contributed by atoms with Gasteiger partial charge in [0.05, 0.1) is 4.92 Å². The summed E-state index contributed by atoms with van der Waals surface area (Å²) in [6, 6.07) is 12.0. The molecule has 1 amide bonds. The van der Waals surface area contributed by atoms with E-state index >= 15 is 0 Å². The zero-order chi connectivity index (χ0) is 21.8. The number of anilines is 1. The SMILES string of the molecule is Cc1ccc([N+](=O)[O-])c(NC(=O)COC(=O)c2ccc(-c3ccc(F)cc3)s2)c1C. The number of nitrogens with zero attached hydrogens (tertiary/aromatic N) is 1. The molecule has 1 N–H and O–H groups in total. The van der Waals surface area contributed by atoms with Gasteiger partial charge in [-0.1, -0.05) is 18.2 Å². The summed E-state index contributed by atoms with van der Waals surface area (Å²) in [6.07, 6.45) is 0. The number of thiophene rings is 1. The van der Waals surface area contributed by atoms with Gasteiger partial charge >= 0.3 is 5.97 Å². The molecule has 0 atom stereocenters. The van der Waals surface area contributed by atoms with Crippen LogP contribution in [-0.2, 0) is 9.53 Å². The average Bonchev–Trinajstić information content (AvgIpc) is 3.20. The molecule has 7 nitrogen and oxygen atoms in total. The molecule has 0 bridgehead atoms. The van der Waals surface area contributed by atoms with Gasteiger partial charge in [-0.25, -0.2) is 9.18 Å². The van der Waals surface area contributed by atoms with Crippen LogP contribution in [0.1, 0.15) is 20.8 Å². The Morgan fingerprint density at radius 3 is 2.47 bits per heavy atom. The maximum Gasteiger partial charge on any atom is 0.348 e. The van der Waals surface area contributed by atoms with Crippen LogP contribution in [0.15, 0.2) is 48.5 Å². The molecule has 0 aliphatic heterocycles. The van der Waals surface area contributed by atoms with Crippen molar-refractivity contribution in [2.24, 2.45) is 0 Å². The van der Waals surface area contributed by atoms with Gasteiger partial charge in [0.25, 0.3) is 11.6 Å². The number of amides is 1. The molecule has 0 aliphatic rings. The van der Waals surface area contributed by atoms with Crippen molar-refractivity contribution in [3.05, 3.63) is 80.5 Å². The second kappa shape index (κ2) is 8.83. The van der Waals surface area contributed by atoms with E-state index in [1.54, 1.807) is 44.2 Å². The van der Waals surface area contributed by atoms with Crippen LogP contribution in [0.25, 0.3) is 10.4 Å². The van der Waals surface area contributed by atoms with Gasteiger partial charge in [0.2, 0.25) is 0 Å². The molecule has 0 saturated carbocycles. The number of aryl methyl sites for hydroxylation is 1. The van der Waals surface area contributed by atoms with Gasteiger partial charge in [-0.3, -0.25) is 14.9 Å². The van der Waals surface area contributed by atoms with Gasteiger partial charge in [0.1, 0.15) is 16.4 Å². The highest BCUT2D eigenvalue weighted by atomic mass is 32.1. The number of carbonyl (C=O) groups is 2. The Morgan fingerprint density at radius 2 is 1.80 bits per heavy atom. The Bertz CT molecular complexity index is 1120. The van der Waals surface area contributed by atoms with Crippen molar-refractivity contribution in [2.45, 2.75) is 13.8 Å². The van der Waals surface area contributed by atoms with E-state index in [1.807, 2.05) is 0 Å². The molecule has 0 radical (unpaired) electrons. The molecule has 0 aliphatic carbocycles. The first-order valence-electron chi connectivity index (χ1n) is 8.83. The highest BCUT2D eigenvalue weighted by molar-refractivity contribution is 7.17. The van der Waals surface area contributed by atoms with Crippen molar-refractivity contribution in [3.8, 4) is 10.4 Å². The van der Waals surface area contributed by atoms with Gasteiger partial charge < -0.3 is 10.1 Å². The monoisotopic (exact) mass is 428 g/mol. The van der Waals surface area contributed by atoms with Gasteiger partial charge in [-0.05, 0) is 54.8 Å². The molecule has 9 heteroatoms. The van der Waals surface area contributed by atoms with Crippen molar-refractivity contribution in [3.63, 3.8) is 0 Å². The Hall–Kier alpha value is -3.59. The zero-order valence-electron chi connectivity index (χ0n) is 16.1. The van der Waals surface area contributed by atoms with Gasteiger partial charge in [0.15, 0.2) is 6.61 Å². The Balaban J connectivity index is 1.65. The minimum atomic E-state index is -0.695. The smallest absolute Gasteiger partial charge is 0.348 e. The molecule has 154 valence electrons. The normalized spacial score (nSPS) is 10.5. The van der Waals surface area contributed by atoms with E-state index in [1.165, 1.54) is 18.2 Å². The third-order valence-electron chi connectivity index (χ3n) is 4.45. The molecule has 1 aromatic heterocycles. The van der Waals surface area contributed by atoms with Gasteiger partial charge in [-0.2, -0.15) is 0 Å². The van der Waals surface area contributed by atoms with Crippen LogP contribution in [0.5, 0.6) is 0 Å². The molecule has 3 aromatic rings. The summed E-state index contributed by atoms with van der Waals surface area (Å²) in [5, 5.41) is 13.7. The van der Waals surface area contributed by atoms with E-state index in [9.17, 15) is 24.1 Å². The number of benzene rings is 2. The number of hydrogen-bond acceptors (Lipinski definition) is 6. The maximum absolute atomic E-state index is 13.0. The first-order valence-corrected chi connectivity index (χ1v) is 9.65. The van der Waals surface area contributed by atoms with E-state index in [-0.39, 0.29) is 22.1 Å². The summed E-state index contributed by atoms with van der Waals surface area (Å²) in [5.74, 6) is -1.74. The third-order valence-corrected chi connectivity index (χ3v) is 5.56. The minimum Gasteiger partial charge on any atom is -0.451 e. The average molecular weight is 428 g/mol. The highest BCUT2D eigenvalue weighted by Crippen LogP contribution is 2.31. The summed E-state index contributed by atoms with van der Waals surface area (Å²) in [7, 11) is 0. The van der Waals surface area contributed by atoms with Crippen LogP contribution in [0.2, 0.25) is 0 Å². The number of halogens is 1. The highest BCUT2D eigenvalue weighted by Gasteiger charge is 2.20. The topological polar surface area (TPSA) is 98.5 Å². The lowest BCUT2D eigenvalue weighted by molar-refractivity contribution is -0.384. The number of nitro groups is 1. The van der Waals surface area contributed by atoms with Crippen LogP contribution in [0.4, 0.5) is 15.8 Å². The Kier molecular flexibility index (Phi) is 6.22. The molecule has 0 saturated heterocycles. The number of nitrogens with one attached hydrogen (secondary N) is 1. The van der Waals surface area contributed by atoms with Crippen LogP contribution in [0, 0.1) is 29.8 Å². The molecule has 3 rings (SSSR count). The fraction of sp³-hybridized carbons (Fsp3) is 0.143. The summed E-state index contributed by atoms with van der Waals surface area (Å²) in [6.45, 7) is 2.84.